The van der Waals surface area contributed by atoms with Crippen LogP contribution >= 0.6 is 0 Å². The van der Waals surface area contributed by atoms with Gasteiger partial charge >= 0.3 is 0 Å². The van der Waals surface area contributed by atoms with Gasteiger partial charge < -0.3 is 28.7 Å². The van der Waals surface area contributed by atoms with Crippen molar-refractivity contribution in [1.29, 1.82) is 0 Å². The molecule has 5 rings (SSSR count). The Labute approximate surface area is 221 Å². The normalized spacial score (nSPS) is 32.3. The maximum atomic E-state index is 16.9. The standard InChI is InChI=1S/C25H36FN5O6Si/c1-5-25(26)20(37-18-11-7-9-13-34-18)16(14-35-38(2,3)4)36-23(25)31-15-27-19-21(31)29-24(30-22(19)32)28-17-10-6-8-12-33-17/h1,15-18,20,23H,6-14H2,2-4H3,(H2,28,29,30,32)/t16-,17?,18?,20-,23-,25-/m1/s1. The fourth-order valence-electron chi connectivity index (χ4n) is 4.97. The summed E-state index contributed by atoms with van der Waals surface area (Å²) in [4.78, 5) is 24.2. The summed E-state index contributed by atoms with van der Waals surface area (Å²) in [5, 5.41) is 3.10. The number of ether oxygens (including phenoxy) is 4. The summed E-state index contributed by atoms with van der Waals surface area (Å²) in [5.41, 5.74) is -2.71. The van der Waals surface area contributed by atoms with Crippen molar-refractivity contribution in [2.24, 2.45) is 0 Å². The van der Waals surface area contributed by atoms with E-state index in [0.717, 1.165) is 32.1 Å². The molecule has 0 aliphatic carbocycles. The lowest BCUT2D eigenvalue weighted by molar-refractivity contribution is -0.211. The van der Waals surface area contributed by atoms with Crippen molar-refractivity contribution < 1.29 is 27.8 Å². The van der Waals surface area contributed by atoms with Gasteiger partial charge in [0.2, 0.25) is 11.6 Å². The third kappa shape index (κ3) is 5.66. The molecule has 2 N–H and O–H groups in total. The molecule has 0 bridgehead atoms. The summed E-state index contributed by atoms with van der Waals surface area (Å²) in [6.07, 6.45) is 8.15. The number of nitrogens with one attached hydrogen (secondary N) is 2. The van der Waals surface area contributed by atoms with Gasteiger partial charge in [0, 0.05) is 13.2 Å². The predicted molar refractivity (Wildman–Crippen MR) is 140 cm³/mol. The molecule has 0 saturated carbocycles. The van der Waals surface area contributed by atoms with Gasteiger partial charge in [-0.1, -0.05) is 5.92 Å². The van der Waals surface area contributed by atoms with Crippen LogP contribution in [0.25, 0.3) is 11.2 Å². The number of rotatable bonds is 8. The third-order valence-corrected chi connectivity index (χ3v) is 7.95. The molecule has 0 aromatic carbocycles. The topological polar surface area (TPSA) is 122 Å². The summed E-state index contributed by atoms with van der Waals surface area (Å²) in [6.45, 7) is 7.36. The number of imidazole rings is 1. The monoisotopic (exact) mass is 549 g/mol. The fourth-order valence-corrected chi connectivity index (χ4v) is 5.63. The summed E-state index contributed by atoms with van der Waals surface area (Å²) in [5.74, 6) is 2.49. The van der Waals surface area contributed by atoms with E-state index in [1.54, 1.807) is 0 Å². The molecular formula is C25H36FN5O6Si. The quantitative estimate of drug-likeness (QED) is 0.378. The van der Waals surface area contributed by atoms with Gasteiger partial charge in [-0.05, 0) is 58.2 Å². The molecule has 11 nitrogen and oxygen atoms in total. The third-order valence-electron chi connectivity index (χ3n) is 6.92. The van der Waals surface area contributed by atoms with Crippen molar-refractivity contribution in [2.45, 2.75) is 94.8 Å². The van der Waals surface area contributed by atoms with Crippen LogP contribution in [-0.2, 0) is 23.4 Å². The SMILES string of the molecule is C#C[C@@]1(F)[C@H](OC2CCCCO2)[C@@H](CO[Si](C)(C)C)O[C@H]1n1cnc2c(=O)[nH]c(NC3CCCCO3)nc21. The molecule has 13 heteroatoms. The molecule has 3 saturated heterocycles. The predicted octanol–water partition coefficient (Wildman–Crippen LogP) is 3.06. The van der Waals surface area contributed by atoms with E-state index in [2.05, 4.69) is 26.2 Å². The number of anilines is 1. The number of alkyl halides is 1. The lowest BCUT2D eigenvalue weighted by atomic mass is 9.96. The average molecular weight is 550 g/mol. The van der Waals surface area contributed by atoms with E-state index in [-0.39, 0.29) is 29.9 Å². The Bertz CT molecular complexity index is 1220. The zero-order valence-electron chi connectivity index (χ0n) is 22.1. The molecule has 3 fully saturated rings. The minimum Gasteiger partial charge on any atom is -0.415 e. The second-order valence-corrected chi connectivity index (χ2v) is 15.5. The molecule has 208 valence electrons. The minimum atomic E-state index is -2.41. The number of aromatic nitrogens is 4. The molecule has 3 aliphatic rings. The Morgan fingerprint density at radius 2 is 2.03 bits per heavy atom. The van der Waals surface area contributed by atoms with Crippen LogP contribution in [0.2, 0.25) is 19.6 Å². The van der Waals surface area contributed by atoms with E-state index in [0.29, 0.717) is 19.6 Å². The first kappa shape index (κ1) is 27.2. The number of fused-ring (bicyclic) bond motifs is 1. The zero-order valence-corrected chi connectivity index (χ0v) is 23.1. The highest BCUT2D eigenvalue weighted by Gasteiger charge is 2.60. The average Bonchev–Trinajstić information content (AvgIpc) is 3.43. The van der Waals surface area contributed by atoms with Crippen LogP contribution in [0.1, 0.15) is 44.8 Å². The van der Waals surface area contributed by atoms with Crippen molar-refractivity contribution >= 4 is 25.4 Å². The Morgan fingerprint density at radius 1 is 1.26 bits per heavy atom. The zero-order chi connectivity index (χ0) is 26.9. The van der Waals surface area contributed by atoms with Crippen LogP contribution in [0.4, 0.5) is 10.3 Å². The van der Waals surface area contributed by atoms with E-state index < -0.39 is 44.3 Å². The molecule has 6 atom stereocenters. The second-order valence-electron chi connectivity index (χ2n) is 11.0. The van der Waals surface area contributed by atoms with E-state index in [9.17, 15) is 4.79 Å². The molecule has 0 radical (unpaired) electrons. The number of hydrogen-bond donors (Lipinski definition) is 2. The van der Waals surface area contributed by atoms with E-state index in [4.69, 9.17) is 29.8 Å². The number of terminal acetylenes is 1. The van der Waals surface area contributed by atoms with Crippen LogP contribution in [0.15, 0.2) is 11.1 Å². The first-order valence-corrected chi connectivity index (χ1v) is 16.7. The molecule has 3 aliphatic heterocycles. The molecule has 2 aromatic rings. The van der Waals surface area contributed by atoms with Crippen molar-refractivity contribution in [3.63, 3.8) is 0 Å². The van der Waals surface area contributed by atoms with Crippen molar-refractivity contribution in [3.05, 3.63) is 16.7 Å². The Hall–Kier alpha value is -2.34. The van der Waals surface area contributed by atoms with Crippen molar-refractivity contribution in [3.8, 4) is 12.3 Å². The van der Waals surface area contributed by atoms with Crippen molar-refractivity contribution in [1.82, 2.24) is 19.5 Å². The molecule has 5 heterocycles. The van der Waals surface area contributed by atoms with Crippen LogP contribution in [0, 0.1) is 12.3 Å². The summed E-state index contributed by atoms with van der Waals surface area (Å²) in [6, 6.07) is 0. The van der Waals surface area contributed by atoms with Crippen LogP contribution in [-0.4, -0.2) is 78.1 Å². The minimum absolute atomic E-state index is 0.0398. The van der Waals surface area contributed by atoms with Gasteiger partial charge in [-0.25, -0.2) is 9.37 Å². The summed E-state index contributed by atoms with van der Waals surface area (Å²) >= 11 is 0. The Balaban J connectivity index is 1.48. The van der Waals surface area contributed by atoms with Gasteiger partial charge in [0.15, 0.2) is 32.0 Å². The van der Waals surface area contributed by atoms with Gasteiger partial charge in [0.1, 0.15) is 18.4 Å². The van der Waals surface area contributed by atoms with Gasteiger partial charge in [-0.2, -0.15) is 4.98 Å². The van der Waals surface area contributed by atoms with Crippen molar-refractivity contribution in [2.75, 3.05) is 25.1 Å². The number of halogens is 1. The highest BCUT2D eigenvalue weighted by Crippen LogP contribution is 2.45. The Kier molecular flexibility index (Phi) is 7.91. The number of H-pyrrole nitrogens is 1. The van der Waals surface area contributed by atoms with E-state index >= 15 is 4.39 Å². The first-order valence-electron chi connectivity index (χ1n) is 13.3. The lowest BCUT2D eigenvalue weighted by Crippen LogP contribution is -2.47. The van der Waals surface area contributed by atoms with Crippen LogP contribution < -0.4 is 10.9 Å². The largest absolute Gasteiger partial charge is 0.415 e. The summed E-state index contributed by atoms with van der Waals surface area (Å²) in [7, 11) is -1.97. The maximum Gasteiger partial charge on any atom is 0.280 e. The molecule has 38 heavy (non-hydrogen) atoms. The van der Waals surface area contributed by atoms with Gasteiger partial charge in [-0.15, -0.1) is 6.42 Å². The number of aromatic amines is 1. The molecule has 0 amide bonds. The molecular weight excluding hydrogens is 513 g/mol. The Morgan fingerprint density at radius 3 is 2.68 bits per heavy atom. The van der Waals surface area contributed by atoms with E-state index in [1.165, 1.54) is 10.9 Å². The maximum absolute atomic E-state index is 16.9. The van der Waals surface area contributed by atoms with Gasteiger partial charge in [0.05, 0.1) is 12.9 Å². The van der Waals surface area contributed by atoms with Crippen LogP contribution in [0.5, 0.6) is 0 Å². The lowest BCUT2D eigenvalue weighted by Gasteiger charge is -2.32. The van der Waals surface area contributed by atoms with E-state index in [1.807, 2.05) is 19.6 Å². The smallest absolute Gasteiger partial charge is 0.280 e. The van der Waals surface area contributed by atoms with Gasteiger partial charge in [0.25, 0.3) is 5.56 Å². The highest BCUT2D eigenvalue weighted by atomic mass is 28.4. The van der Waals surface area contributed by atoms with Crippen LogP contribution in [0.3, 0.4) is 0 Å². The van der Waals surface area contributed by atoms with Gasteiger partial charge in [-0.3, -0.25) is 14.3 Å². The molecule has 2 unspecified atom stereocenters. The number of hydrogen-bond acceptors (Lipinski definition) is 9. The first-order chi connectivity index (χ1) is 18.2. The number of nitrogens with zero attached hydrogens (tertiary/aromatic N) is 3. The second kappa shape index (κ2) is 11.0. The summed E-state index contributed by atoms with van der Waals surface area (Å²) < 4.78 is 48.1. The molecule has 0 spiro atoms. The highest BCUT2D eigenvalue weighted by molar-refractivity contribution is 6.69. The fraction of sp³-hybridized carbons (Fsp3) is 0.720. The molecule has 2 aromatic heterocycles.